The van der Waals surface area contributed by atoms with Gasteiger partial charge in [0, 0.05) is 10.2 Å². The summed E-state index contributed by atoms with van der Waals surface area (Å²) in [7, 11) is -3.83. The number of anilines is 2. The molecule has 4 nitrogen and oxygen atoms in total. The van der Waals surface area contributed by atoms with Gasteiger partial charge in [0.1, 0.15) is 5.82 Å². The minimum atomic E-state index is -3.83. The summed E-state index contributed by atoms with van der Waals surface area (Å²) in [6.07, 6.45) is 0. The average Bonchev–Trinajstić information content (AvgIpc) is 2.31. The number of sulfonamides is 1. The van der Waals surface area contributed by atoms with Crippen molar-refractivity contribution in [1.82, 2.24) is 0 Å². The minimum absolute atomic E-state index is 0.0678. The Hall–Kier alpha value is -1.60. The van der Waals surface area contributed by atoms with Gasteiger partial charge in [-0.3, -0.25) is 4.72 Å². The van der Waals surface area contributed by atoms with E-state index in [0.29, 0.717) is 27.0 Å². The zero-order valence-corrected chi connectivity index (χ0v) is 13.8. The Balaban J connectivity index is 2.51. The molecule has 0 unspecified atom stereocenters. The number of nitrogens with two attached hydrogens (primary N) is 1. The van der Waals surface area contributed by atoms with Crippen LogP contribution in [0.2, 0.25) is 0 Å². The molecule has 2 rings (SSSR count). The maximum absolute atomic E-state index is 13.3. The highest BCUT2D eigenvalue weighted by Gasteiger charge is 2.21. The van der Waals surface area contributed by atoms with Crippen molar-refractivity contribution in [2.24, 2.45) is 0 Å². The van der Waals surface area contributed by atoms with Crippen molar-refractivity contribution in [2.45, 2.75) is 18.7 Å². The summed E-state index contributed by atoms with van der Waals surface area (Å²) in [4.78, 5) is 0.0678. The van der Waals surface area contributed by atoms with E-state index in [0.717, 1.165) is 0 Å². The third-order valence-corrected chi connectivity index (χ3v) is 5.29. The maximum Gasteiger partial charge on any atom is 0.262 e. The fourth-order valence-corrected chi connectivity index (χ4v) is 4.14. The third kappa shape index (κ3) is 3.36. The van der Waals surface area contributed by atoms with Crippen LogP contribution in [0.1, 0.15) is 11.1 Å². The van der Waals surface area contributed by atoms with E-state index in [9.17, 15) is 12.8 Å². The van der Waals surface area contributed by atoms with Crippen molar-refractivity contribution in [3.8, 4) is 0 Å². The molecule has 0 atom stereocenters. The Labute approximate surface area is 131 Å². The summed E-state index contributed by atoms with van der Waals surface area (Å²) in [5.41, 5.74) is 7.12. The van der Waals surface area contributed by atoms with Gasteiger partial charge < -0.3 is 5.73 Å². The lowest BCUT2D eigenvalue weighted by Gasteiger charge is -2.14. The van der Waals surface area contributed by atoms with Gasteiger partial charge in [-0.05, 0) is 71.2 Å². The molecule has 0 aromatic heterocycles. The second kappa shape index (κ2) is 5.65. The molecular formula is C14H14BrFN2O2S. The van der Waals surface area contributed by atoms with E-state index in [1.807, 2.05) is 0 Å². The van der Waals surface area contributed by atoms with E-state index < -0.39 is 15.8 Å². The average molecular weight is 373 g/mol. The van der Waals surface area contributed by atoms with Crippen molar-refractivity contribution < 1.29 is 12.8 Å². The number of hydrogen-bond acceptors (Lipinski definition) is 3. The molecule has 0 saturated heterocycles. The normalized spacial score (nSPS) is 11.4. The summed E-state index contributed by atoms with van der Waals surface area (Å²) in [6.45, 7) is 3.11. The van der Waals surface area contributed by atoms with Crippen molar-refractivity contribution in [3.05, 3.63) is 51.7 Å². The van der Waals surface area contributed by atoms with Gasteiger partial charge in [-0.15, -0.1) is 0 Å². The molecule has 2 aromatic carbocycles. The van der Waals surface area contributed by atoms with E-state index in [1.54, 1.807) is 26.0 Å². The number of nitrogens with one attached hydrogen (secondary N) is 1. The first-order valence-electron chi connectivity index (χ1n) is 6.05. The second-order valence-corrected chi connectivity index (χ2v) is 7.19. The highest BCUT2D eigenvalue weighted by Crippen LogP contribution is 2.29. The summed E-state index contributed by atoms with van der Waals surface area (Å²) < 4.78 is 41.4. The Bertz CT molecular complexity index is 784. The van der Waals surface area contributed by atoms with Crippen LogP contribution < -0.4 is 10.5 Å². The van der Waals surface area contributed by atoms with Gasteiger partial charge in [-0.2, -0.15) is 0 Å². The molecule has 3 N–H and O–H groups in total. The lowest BCUT2D eigenvalue weighted by atomic mass is 10.1. The van der Waals surface area contributed by atoms with Crippen LogP contribution in [0, 0.1) is 19.7 Å². The number of rotatable bonds is 3. The molecule has 7 heteroatoms. The molecule has 112 valence electrons. The van der Waals surface area contributed by atoms with Crippen molar-refractivity contribution >= 4 is 37.3 Å². The van der Waals surface area contributed by atoms with Gasteiger partial charge >= 0.3 is 0 Å². The van der Waals surface area contributed by atoms with Gasteiger partial charge in [-0.1, -0.05) is 0 Å². The Kier molecular flexibility index (Phi) is 4.25. The number of halogens is 2. The number of benzene rings is 2. The van der Waals surface area contributed by atoms with Crippen LogP contribution in [-0.4, -0.2) is 8.42 Å². The van der Waals surface area contributed by atoms with Crippen LogP contribution in [0.4, 0.5) is 15.8 Å². The highest BCUT2D eigenvalue weighted by molar-refractivity contribution is 9.10. The molecule has 0 bridgehead atoms. The van der Waals surface area contributed by atoms with Crippen molar-refractivity contribution in [2.75, 3.05) is 10.5 Å². The van der Waals surface area contributed by atoms with E-state index in [-0.39, 0.29) is 4.90 Å². The van der Waals surface area contributed by atoms with Crippen molar-refractivity contribution in [3.63, 3.8) is 0 Å². The van der Waals surface area contributed by atoms with Gasteiger partial charge in [0.25, 0.3) is 10.0 Å². The molecule has 0 amide bonds. The largest absolute Gasteiger partial charge is 0.399 e. The lowest BCUT2D eigenvalue weighted by Crippen LogP contribution is -2.16. The summed E-state index contributed by atoms with van der Waals surface area (Å²) in [5, 5.41) is 0. The van der Waals surface area contributed by atoms with Gasteiger partial charge in [0.15, 0.2) is 0 Å². The molecule has 0 radical (unpaired) electrons. The number of nitrogen functional groups attached to an aromatic ring is 1. The van der Waals surface area contributed by atoms with Crippen LogP contribution in [0.15, 0.2) is 39.7 Å². The zero-order chi connectivity index (χ0) is 15.8. The summed E-state index contributed by atoms with van der Waals surface area (Å²) in [5.74, 6) is -0.464. The van der Waals surface area contributed by atoms with Crippen LogP contribution in [0.25, 0.3) is 0 Å². The number of hydrogen-bond donors (Lipinski definition) is 2. The number of aryl methyl sites for hydroxylation is 2. The molecule has 21 heavy (non-hydrogen) atoms. The van der Waals surface area contributed by atoms with Crippen LogP contribution in [0.3, 0.4) is 0 Å². The van der Waals surface area contributed by atoms with Gasteiger partial charge in [0.05, 0.1) is 10.6 Å². The molecule has 0 aliphatic heterocycles. The van der Waals surface area contributed by atoms with E-state index in [4.69, 9.17) is 5.73 Å². The third-order valence-electron chi connectivity index (χ3n) is 2.93. The molecule has 0 fully saturated rings. The summed E-state index contributed by atoms with van der Waals surface area (Å²) in [6, 6.07) is 7.19. The second-order valence-electron chi connectivity index (χ2n) is 4.71. The standard InChI is InChI=1S/C14H14BrFN2O2S/c1-8-5-10(16)6-9(2)14(8)21(19,20)18-13-7-11(17)3-4-12(13)15/h3-7,18H,17H2,1-2H3. The van der Waals surface area contributed by atoms with Crippen LogP contribution in [-0.2, 0) is 10.0 Å². The van der Waals surface area contributed by atoms with E-state index in [2.05, 4.69) is 20.7 Å². The molecule has 2 aromatic rings. The lowest BCUT2D eigenvalue weighted by molar-refractivity contribution is 0.597. The molecule has 0 saturated carbocycles. The quantitative estimate of drug-likeness (QED) is 0.808. The first-order chi connectivity index (χ1) is 9.70. The molecular weight excluding hydrogens is 359 g/mol. The van der Waals surface area contributed by atoms with Gasteiger partial charge in [-0.25, -0.2) is 12.8 Å². The van der Waals surface area contributed by atoms with Crippen molar-refractivity contribution in [1.29, 1.82) is 0 Å². The predicted molar refractivity (Wildman–Crippen MR) is 85.2 cm³/mol. The fraction of sp³-hybridized carbons (Fsp3) is 0.143. The minimum Gasteiger partial charge on any atom is -0.399 e. The molecule has 0 heterocycles. The molecule has 0 aliphatic rings. The van der Waals surface area contributed by atoms with Crippen LogP contribution >= 0.6 is 15.9 Å². The maximum atomic E-state index is 13.3. The first kappa shape index (κ1) is 15.8. The van der Waals surface area contributed by atoms with Gasteiger partial charge in [0.2, 0.25) is 0 Å². The highest BCUT2D eigenvalue weighted by atomic mass is 79.9. The molecule has 0 spiro atoms. The Morgan fingerprint density at radius 1 is 1.14 bits per heavy atom. The fourth-order valence-electron chi connectivity index (χ4n) is 2.14. The molecule has 0 aliphatic carbocycles. The predicted octanol–water partition coefficient (Wildman–Crippen LogP) is 3.59. The van der Waals surface area contributed by atoms with Crippen LogP contribution in [0.5, 0.6) is 0 Å². The topological polar surface area (TPSA) is 72.2 Å². The smallest absolute Gasteiger partial charge is 0.262 e. The van der Waals surface area contributed by atoms with E-state index in [1.165, 1.54) is 18.2 Å². The SMILES string of the molecule is Cc1cc(F)cc(C)c1S(=O)(=O)Nc1cc(N)ccc1Br. The zero-order valence-electron chi connectivity index (χ0n) is 11.4. The Morgan fingerprint density at radius 3 is 2.29 bits per heavy atom. The monoisotopic (exact) mass is 372 g/mol. The first-order valence-corrected chi connectivity index (χ1v) is 8.33. The van der Waals surface area contributed by atoms with E-state index >= 15 is 0 Å². The summed E-state index contributed by atoms with van der Waals surface area (Å²) >= 11 is 3.26. The Morgan fingerprint density at radius 2 is 1.71 bits per heavy atom.